The Morgan fingerprint density at radius 2 is 2.04 bits per heavy atom. The maximum absolute atomic E-state index is 13.4. The first-order chi connectivity index (χ1) is 22.1. The first-order valence-corrected chi connectivity index (χ1v) is 16.8. The fourth-order valence-electron chi connectivity index (χ4n) is 8.09. The summed E-state index contributed by atoms with van der Waals surface area (Å²) in [6, 6.07) is 11.4. The van der Waals surface area contributed by atoms with E-state index in [0.717, 1.165) is 49.2 Å². The first-order valence-electron chi connectivity index (χ1n) is 16.5. The molecule has 8 nitrogen and oxygen atoms in total. The molecule has 1 saturated heterocycles. The van der Waals surface area contributed by atoms with Gasteiger partial charge >= 0.3 is 5.97 Å². The van der Waals surface area contributed by atoms with Crippen molar-refractivity contribution in [2.45, 2.75) is 74.5 Å². The number of aliphatic hydroxyl groups excluding tert-OH is 1. The number of methoxy groups -OCH3 is 1. The Bertz CT molecular complexity index is 1510. The Kier molecular flexibility index (Phi) is 9.25. The molecule has 46 heavy (non-hydrogen) atoms. The number of ether oxygens (including phenoxy) is 2. The lowest BCUT2D eigenvalue weighted by Gasteiger charge is -2.45. The zero-order valence-corrected chi connectivity index (χ0v) is 27.4. The standard InChI is InChI=1S/C37H45ClN2O6/c1-4-7-28-15-17-40(28)34(42)20-37(44,35(43)45-3)26-10-14-33-31(19-26)39(21-25-9-12-29(25)32(41)5-2)22-36(23-46-33)16-6-8-24-18-27(38)11-13-30(24)36/h4-5,10-11,13-14,18-19,25,28-29,32,41,44H,1-2,6-9,12,15-17,20-23H2,3H3/t25-,28-,29+,32-,36-,37-/m0/s1. The van der Waals surface area contributed by atoms with Gasteiger partial charge in [-0.2, -0.15) is 0 Å². The summed E-state index contributed by atoms with van der Waals surface area (Å²) in [6.45, 7) is 9.96. The maximum Gasteiger partial charge on any atom is 0.343 e. The van der Waals surface area contributed by atoms with Gasteiger partial charge in [-0.3, -0.25) is 4.79 Å². The lowest BCUT2D eigenvalue weighted by Crippen LogP contribution is -2.53. The number of hydrogen-bond donors (Lipinski definition) is 2. The number of rotatable bonds is 10. The summed E-state index contributed by atoms with van der Waals surface area (Å²) in [5.74, 6) is -0.214. The van der Waals surface area contributed by atoms with Crippen molar-refractivity contribution in [3.8, 4) is 5.75 Å². The zero-order chi connectivity index (χ0) is 32.6. The molecule has 0 bridgehead atoms. The van der Waals surface area contributed by atoms with Crippen LogP contribution in [-0.2, 0) is 31.8 Å². The zero-order valence-electron chi connectivity index (χ0n) is 26.6. The second-order valence-electron chi connectivity index (χ2n) is 13.6. The number of anilines is 1. The largest absolute Gasteiger partial charge is 0.490 e. The molecule has 2 fully saturated rings. The van der Waals surface area contributed by atoms with Gasteiger partial charge in [0.05, 0.1) is 31.9 Å². The minimum absolute atomic E-state index is 0.0219. The van der Waals surface area contributed by atoms with Crippen molar-refractivity contribution in [1.82, 2.24) is 4.90 Å². The monoisotopic (exact) mass is 648 g/mol. The Morgan fingerprint density at radius 3 is 2.72 bits per heavy atom. The molecule has 0 aromatic heterocycles. The second-order valence-corrected chi connectivity index (χ2v) is 14.0. The van der Waals surface area contributed by atoms with Crippen LogP contribution in [0.1, 0.15) is 61.6 Å². The molecular formula is C37H45ClN2O6. The fourth-order valence-corrected chi connectivity index (χ4v) is 8.28. The van der Waals surface area contributed by atoms with Crippen molar-refractivity contribution in [2.24, 2.45) is 11.8 Å². The Hall–Kier alpha value is -3.33. The normalized spacial score (nSPS) is 27.0. The third kappa shape index (κ3) is 5.84. The van der Waals surface area contributed by atoms with Gasteiger partial charge in [0.1, 0.15) is 5.75 Å². The van der Waals surface area contributed by atoms with Crippen LogP contribution in [0.15, 0.2) is 61.7 Å². The van der Waals surface area contributed by atoms with Crippen molar-refractivity contribution in [2.75, 3.05) is 38.3 Å². The molecule has 246 valence electrons. The lowest BCUT2D eigenvalue weighted by atomic mass is 9.68. The molecular weight excluding hydrogens is 604 g/mol. The van der Waals surface area contributed by atoms with Crippen molar-refractivity contribution in [3.05, 3.63) is 83.4 Å². The van der Waals surface area contributed by atoms with Gasteiger partial charge in [0, 0.05) is 36.1 Å². The van der Waals surface area contributed by atoms with E-state index in [4.69, 9.17) is 21.1 Å². The van der Waals surface area contributed by atoms with E-state index in [9.17, 15) is 19.8 Å². The molecule has 2 N–H and O–H groups in total. The Morgan fingerprint density at radius 1 is 1.22 bits per heavy atom. The first kappa shape index (κ1) is 32.6. The number of halogens is 1. The number of amides is 1. The molecule has 1 saturated carbocycles. The number of carbonyl (C=O) groups is 2. The van der Waals surface area contributed by atoms with Gasteiger partial charge in [-0.25, -0.2) is 4.79 Å². The molecule has 2 aromatic rings. The number of likely N-dealkylation sites (tertiary alicyclic amines) is 1. The minimum atomic E-state index is -2.18. The molecule has 2 aliphatic heterocycles. The fraction of sp³-hybridized carbons (Fsp3) is 0.514. The van der Waals surface area contributed by atoms with Gasteiger partial charge in [-0.1, -0.05) is 35.9 Å². The van der Waals surface area contributed by atoms with Crippen LogP contribution in [0.4, 0.5) is 5.69 Å². The number of hydrogen-bond acceptors (Lipinski definition) is 7. The highest BCUT2D eigenvalue weighted by Gasteiger charge is 2.47. The maximum atomic E-state index is 13.4. The van der Waals surface area contributed by atoms with Crippen LogP contribution < -0.4 is 9.64 Å². The van der Waals surface area contributed by atoms with E-state index in [1.807, 2.05) is 6.07 Å². The molecule has 4 aliphatic rings. The number of benzene rings is 2. The van der Waals surface area contributed by atoms with Crippen LogP contribution in [0.25, 0.3) is 0 Å². The smallest absolute Gasteiger partial charge is 0.343 e. The highest BCUT2D eigenvalue weighted by molar-refractivity contribution is 6.30. The molecule has 1 spiro atoms. The third-order valence-corrected chi connectivity index (χ3v) is 11.2. The van der Waals surface area contributed by atoms with Gasteiger partial charge < -0.3 is 29.5 Å². The number of carbonyl (C=O) groups excluding carboxylic acids is 2. The lowest BCUT2D eigenvalue weighted by molar-refractivity contribution is -0.169. The Labute approximate surface area is 276 Å². The van der Waals surface area contributed by atoms with E-state index in [1.165, 1.54) is 18.2 Å². The number of aliphatic hydroxyl groups is 2. The molecule has 0 unspecified atom stereocenters. The summed E-state index contributed by atoms with van der Waals surface area (Å²) in [5.41, 5.74) is 1.01. The molecule has 6 atom stereocenters. The molecule has 2 aliphatic carbocycles. The molecule has 9 heteroatoms. The van der Waals surface area contributed by atoms with Gasteiger partial charge in [0.2, 0.25) is 5.91 Å². The van der Waals surface area contributed by atoms with E-state index < -0.39 is 24.1 Å². The molecule has 0 radical (unpaired) electrons. The third-order valence-electron chi connectivity index (χ3n) is 11.0. The summed E-state index contributed by atoms with van der Waals surface area (Å²) in [7, 11) is 1.22. The Balaban J connectivity index is 1.38. The van der Waals surface area contributed by atoms with E-state index in [2.05, 4.69) is 30.2 Å². The van der Waals surface area contributed by atoms with Crippen molar-refractivity contribution in [1.29, 1.82) is 0 Å². The van der Waals surface area contributed by atoms with Crippen molar-refractivity contribution in [3.63, 3.8) is 0 Å². The highest BCUT2D eigenvalue weighted by atomic mass is 35.5. The predicted molar refractivity (Wildman–Crippen MR) is 178 cm³/mol. The number of aryl methyl sites for hydroxylation is 1. The summed E-state index contributed by atoms with van der Waals surface area (Å²) in [5, 5.41) is 23.4. The van der Waals surface area contributed by atoms with Gasteiger partial charge in [-0.05, 0) is 97.7 Å². The van der Waals surface area contributed by atoms with Gasteiger partial charge in [0.25, 0.3) is 0 Å². The number of esters is 1. The van der Waals surface area contributed by atoms with Crippen LogP contribution in [-0.4, -0.2) is 72.5 Å². The van der Waals surface area contributed by atoms with Crippen LogP contribution in [0.5, 0.6) is 5.75 Å². The van der Waals surface area contributed by atoms with Crippen LogP contribution in [0.2, 0.25) is 5.02 Å². The van der Waals surface area contributed by atoms with E-state index in [1.54, 1.807) is 35.3 Å². The molecule has 1 amide bonds. The van der Waals surface area contributed by atoms with E-state index in [0.29, 0.717) is 38.4 Å². The quantitative estimate of drug-likeness (QED) is 0.266. The summed E-state index contributed by atoms with van der Waals surface area (Å²) >= 11 is 6.42. The summed E-state index contributed by atoms with van der Waals surface area (Å²) in [6.07, 6.45) is 8.70. The number of fused-ring (bicyclic) bond motifs is 3. The van der Waals surface area contributed by atoms with Crippen LogP contribution in [0, 0.1) is 11.8 Å². The van der Waals surface area contributed by atoms with E-state index >= 15 is 0 Å². The van der Waals surface area contributed by atoms with Crippen molar-refractivity contribution < 1.29 is 29.3 Å². The molecule has 2 aromatic carbocycles. The SMILES string of the molecule is C=CC[C@H]1CCN1C(=O)C[C@@](O)(C(=O)OC)c1ccc2c(c1)N(C[C@@H]1CC[C@H]1[C@@H](O)C=C)C[C@@]1(CCCc3cc(Cl)ccc31)CO2. The van der Waals surface area contributed by atoms with Crippen LogP contribution in [0.3, 0.4) is 0 Å². The summed E-state index contributed by atoms with van der Waals surface area (Å²) < 4.78 is 11.7. The number of nitrogens with zero attached hydrogens (tertiary/aromatic N) is 2. The van der Waals surface area contributed by atoms with Crippen molar-refractivity contribution >= 4 is 29.2 Å². The van der Waals surface area contributed by atoms with E-state index in [-0.39, 0.29) is 34.8 Å². The summed E-state index contributed by atoms with van der Waals surface area (Å²) in [4.78, 5) is 30.7. The molecule has 2 heterocycles. The highest BCUT2D eigenvalue weighted by Crippen LogP contribution is 2.47. The second kappa shape index (κ2) is 13.1. The van der Waals surface area contributed by atoms with Crippen LogP contribution >= 0.6 is 11.6 Å². The molecule has 6 rings (SSSR count). The average molecular weight is 649 g/mol. The van der Waals surface area contributed by atoms with Gasteiger partial charge in [-0.15, -0.1) is 13.2 Å². The topological polar surface area (TPSA) is 99.5 Å². The van der Waals surface area contributed by atoms with Gasteiger partial charge in [0.15, 0.2) is 5.60 Å². The minimum Gasteiger partial charge on any atom is -0.490 e. The predicted octanol–water partition coefficient (Wildman–Crippen LogP) is 5.31. The average Bonchev–Trinajstić information content (AvgIpc) is 3.17.